The lowest BCUT2D eigenvalue weighted by Crippen LogP contribution is -2.50. The van der Waals surface area contributed by atoms with Crippen molar-refractivity contribution in [3.05, 3.63) is 29.0 Å². The molecule has 108 valence electrons. The number of nitrogens with one attached hydrogen (secondary N) is 1. The average Bonchev–Trinajstić information content (AvgIpc) is 2.47. The molecule has 1 N–H and O–H groups in total. The lowest BCUT2D eigenvalue weighted by Gasteiger charge is -2.35. The van der Waals surface area contributed by atoms with Gasteiger partial charge in [0.1, 0.15) is 5.54 Å². The topological polar surface area (TPSA) is 48.7 Å². The van der Waals surface area contributed by atoms with Crippen LogP contribution in [0, 0.1) is 11.3 Å². The van der Waals surface area contributed by atoms with Crippen LogP contribution in [0.15, 0.2) is 18.3 Å². The molecule has 0 amide bonds. The molecule has 1 aromatic heterocycles. The summed E-state index contributed by atoms with van der Waals surface area (Å²) in [6.45, 7) is 4.93. The Balaban J connectivity index is 2.09. The quantitative estimate of drug-likeness (QED) is 0.917. The maximum atomic E-state index is 9.51. The van der Waals surface area contributed by atoms with E-state index in [4.69, 9.17) is 11.6 Å². The van der Waals surface area contributed by atoms with Gasteiger partial charge in [0.15, 0.2) is 0 Å². The summed E-state index contributed by atoms with van der Waals surface area (Å²) in [7, 11) is 0. The first kappa shape index (κ1) is 15.3. The Morgan fingerprint density at radius 1 is 1.40 bits per heavy atom. The summed E-state index contributed by atoms with van der Waals surface area (Å²) < 4.78 is 0. The van der Waals surface area contributed by atoms with E-state index >= 15 is 0 Å². The molecular weight excluding hydrogens is 270 g/mol. The van der Waals surface area contributed by atoms with Crippen molar-refractivity contribution in [1.82, 2.24) is 10.3 Å². The van der Waals surface area contributed by atoms with Crippen LogP contribution in [0.4, 0.5) is 0 Å². The van der Waals surface area contributed by atoms with Gasteiger partial charge in [-0.05, 0) is 25.0 Å². The molecule has 0 aromatic carbocycles. The van der Waals surface area contributed by atoms with Gasteiger partial charge in [-0.15, -0.1) is 0 Å². The molecule has 0 unspecified atom stereocenters. The number of hydrogen-bond acceptors (Lipinski definition) is 3. The van der Waals surface area contributed by atoms with Gasteiger partial charge in [-0.25, -0.2) is 0 Å². The van der Waals surface area contributed by atoms with Crippen molar-refractivity contribution in [2.45, 2.75) is 56.9 Å². The molecule has 0 radical (unpaired) electrons. The van der Waals surface area contributed by atoms with Gasteiger partial charge in [0.25, 0.3) is 0 Å². The minimum Gasteiger partial charge on any atom is -0.298 e. The van der Waals surface area contributed by atoms with Crippen LogP contribution in [0.3, 0.4) is 0 Å². The third kappa shape index (κ3) is 3.31. The van der Waals surface area contributed by atoms with Gasteiger partial charge < -0.3 is 0 Å². The monoisotopic (exact) mass is 291 g/mol. The Labute approximate surface area is 126 Å². The van der Waals surface area contributed by atoms with E-state index in [-0.39, 0.29) is 11.0 Å². The van der Waals surface area contributed by atoms with Crippen LogP contribution in [-0.4, -0.2) is 17.1 Å². The minimum absolute atomic E-state index is 0.195. The fourth-order valence-electron chi connectivity index (χ4n) is 2.84. The summed E-state index contributed by atoms with van der Waals surface area (Å²) in [6.07, 6.45) is 7.14. The standard InChI is InChI=1S/C16H22ClN3/c1-15(2,14-13(17)7-6-10-19-14)12-20-16(11-18)8-4-3-5-9-16/h6-7,10,20H,3-5,8-9,12H2,1-2H3. The van der Waals surface area contributed by atoms with E-state index in [9.17, 15) is 5.26 Å². The molecule has 0 spiro atoms. The van der Waals surface area contributed by atoms with E-state index < -0.39 is 0 Å². The van der Waals surface area contributed by atoms with E-state index in [1.54, 1.807) is 6.20 Å². The molecule has 1 aliphatic rings. The summed E-state index contributed by atoms with van der Waals surface area (Å²) in [5, 5.41) is 13.7. The highest BCUT2D eigenvalue weighted by molar-refractivity contribution is 6.31. The van der Waals surface area contributed by atoms with E-state index in [1.807, 2.05) is 12.1 Å². The summed E-state index contributed by atoms with van der Waals surface area (Å²) in [5.74, 6) is 0. The number of aromatic nitrogens is 1. The van der Waals surface area contributed by atoms with Gasteiger partial charge in [-0.1, -0.05) is 44.7 Å². The van der Waals surface area contributed by atoms with Crippen molar-refractivity contribution in [2.24, 2.45) is 0 Å². The highest BCUT2D eigenvalue weighted by Gasteiger charge is 2.34. The molecule has 4 heteroatoms. The van der Waals surface area contributed by atoms with Crippen molar-refractivity contribution in [1.29, 1.82) is 5.26 Å². The van der Waals surface area contributed by atoms with E-state index in [2.05, 4.69) is 30.2 Å². The van der Waals surface area contributed by atoms with E-state index in [0.717, 1.165) is 31.4 Å². The van der Waals surface area contributed by atoms with Crippen molar-refractivity contribution in [3.63, 3.8) is 0 Å². The second-order valence-corrected chi connectivity index (χ2v) is 6.73. The van der Waals surface area contributed by atoms with Gasteiger partial charge in [0.2, 0.25) is 0 Å². The van der Waals surface area contributed by atoms with E-state index in [0.29, 0.717) is 11.6 Å². The Morgan fingerprint density at radius 2 is 2.10 bits per heavy atom. The number of nitrogens with zero attached hydrogens (tertiary/aromatic N) is 2. The Bertz CT molecular complexity index is 499. The van der Waals surface area contributed by atoms with Crippen LogP contribution in [0.2, 0.25) is 5.02 Å². The largest absolute Gasteiger partial charge is 0.298 e. The SMILES string of the molecule is CC(C)(CNC1(C#N)CCCCC1)c1ncccc1Cl. The Morgan fingerprint density at radius 3 is 2.70 bits per heavy atom. The average molecular weight is 292 g/mol. The summed E-state index contributed by atoms with van der Waals surface area (Å²) in [5.41, 5.74) is 0.328. The van der Waals surface area contributed by atoms with Crippen LogP contribution < -0.4 is 5.32 Å². The predicted octanol–water partition coefficient (Wildman–Crippen LogP) is 3.83. The fourth-order valence-corrected chi connectivity index (χ4v) is 3.22. The third-order valence-electron chi connectivity index (χ3n) is 4.19. The van der Waals surface area contributed by atoms with Crippen molar-refractivity contribution in [2.75, 3.05) is 6.54 Å². The number of hydrogen-bond donors (Lipinski definition) is 1. The Kier molecular flexibility index (Phi) is 4.67. The third-order valence-corrected chi connectivity index (χ3v) is 4.49. The second-order valence-electron chi connectivity index (χ2n) is 6.33. The number of pyridine rings is 1. The maximum absolute atomic E-state index is 9.51. The van der Waals surface area contributed by atoms with Gasteiger partial charge in [-0.2, -0.15) is 5.26 Å². The second kappa shape index (κ2) is 6.11. The molecule has 1 fully saturated rings. The van der Waals surface area contributed by atoms with Crippen LogP contribution in [0.5, 0.6) is 0 Å². The first-order valence-electron chi connectivity index (χ1n) is 7.26. The first-order chi connectivity index (χ1) is 9.49. The molecule has 0 bridgehead atoms. The smallest absolute Gasteiger partial charge is 0.106 e. The lowest BCUT2D eigenvalue weighted by molar-refractivity contribution is 0.275. The van der Waals surface area contributed by atoms with Gasteiger partial charge in [0, 0.05) is 18.2 Å². The highest BCUT2D eigenvalue weighted by Crippen LogP contribution is 2.31. The summed E-state index contributed by atoms with van der Waals surface area (Å²) in [6, 6.07) is 6.20. The van der Waals surface area contributed by atoms with E-state index in [1.165, 1.54) is 6.42 Å². The number of nitriles is 1. The fraction of sp³-hybridized carbons (Fsp3) is 0.625. The zero-order valence-corrected chi connectivity index (χ0v) is 13.0. The molecule has 1 saturated carbocycles. The van der Waals surface area contributed by atoms with Crippen LogP contribution in [0.1, 0.15) is 51.6 Å². The molecule has 0 atom stereocenters. The zero-order valence-electron chi connectivity index (χ0n) is 12.2. The molecule has 2 rings (SSSR count). The summed E-state index contributed by atoms with van der Waals surface area (Å²) in [4.78, 5) is 4.41. The van der Waals surface area contributed by atoms with Crippen LogP contribution in [0.25, 0.3) is 0 Å². The molecule has 0 saturated heterocycles. The van der Waals surface area contributed by atoms with Crippen molar-refractivity contribution < 1.29 is 0 Å². The molecule has 0 aliphatic heterocycles. The molecule has 1 heterocycles. The van der Waals surface area contributed by atoms with Gasteiger partial charge >= 0.3 is 0 Å². The maximum Gasteiger partial charge on any atom is 0.106 e. The number of rotatable bonds is 4. The zero-order chi connectivity index (χ0) is 14.6. The molecule has 1 aromatic rings. The first-order valence-corrected chi connectivity index (χ1v) is 7.64. The molecule has 3 nitrogen and oxygen atoms in total. The van der Waals surface area contributed by atoms with Crippen LogP contribution in [-0.2, 0) is 5.41 Å². The van der Waals surface area contributed by atoms with Crippen molar-refractivity contribution in [3.8, 4) is 6.07 Å². The van der Waals surface area contributed by atoms with Crippen LogP contribution >= 0.6 is 11.6 Å². The predicted molar refractivity (Wildman–Crippen MR) is 81.7 cm³/mol. The molecule has 20 heavy (non-hydrogen) atoms. The number of halogens is 1. The van der Waals surface area contributed by atoms with Gasteiger partial charge in [-0.3, -0.25) is 10.3 Å². The normalized spacial score (nSPS) is 18.5. The highest BCUT2D eigenvalue weighted by atomic mass is 35.5. The lowest BCUT2D eigenvalue weighted by atomic mass is 9.81. The summed E-state index contributed by atoms with van der Waals surface area (Å²) >= 11 is 6.24. The molecule has 1 aliphatic carbocycles. The molecular formula is C16H22ClN3. The van der Waals surface area contributed by atoms with Crippen molar-refractivity contribution >= 4 is 11.6 Å². The minimum atomic E-state index is -0.364. The van der Waals surface area contributed by atoms with Gasteiger partial charge in [0.05, 0.1) is 16.8 Å². The Hall–Kier alpha value is -1.11.